The van der Waals surface area contributed by atoms with Crippen molar-refractivity contribution in [2.75, 3.05) is 13.6 Å². The van der Waals surface area contributed by atoms with Crippen LogP contribution in [0.4, 0.5) is 0 Å². The van der Waals surface area contributed by atoms with Crippen LogP contribution in [0.2, 0.25) is 0 Å². The third-order valence-electron chi connectivity index (χ3n) is 3.94. The molecule has 1 heterocycles. The Labute approximate surface area is 121 Å². The molecule has 2 rings (SSSR count). The molecule has 4 nitrogen and oxygen atoms in total. The third-order valence-corrected chi connectivity index (χ3v) is 3.94. The predicted molar refractivity (Wildman–Crippen MR) is 81.6 cm³/mol. The number of hydrogen-bond donors (Lipinski definition) is 0. The van der Waals surface area contributed by atoms with Gasteiger partial charge in [-0.3, -0.25) is 4.90 Å². The monoisotopic (exact) mass is 272 g/mol. The van der Waals surface area contributed by atoms with E-state index < -0.39 is 0 Å². The third kappa shape index (κ3) is 3.07. The van der Waals surface area contributed by atoms with Crippen LogP contribution in [0.5, 0.6) is 0 Å². The van der Waals surface area contributed by atoms with Gasteiger partial charge in [-0.1, -0.05) is 38.1 Å². The highest BCUT2D eigenvalue weighted by Crippen LogP contribution is 2.21. The Balaban J connectivity index is 2.26. The summed E-state index contributed by atoms with van der Waals surface area (Å²) in [6.07, 6.45) is 2.70. The Kier molecular flexibility index (Phi) is 4.90. The Morgan fingerprint density at radius 2 is 2.00 bits per heavy atom. The fourth-order valence-corrected chi connectivity index (χ4v) is 2.51. The van der Waals surface area contributed by atoms with Gasteiger partial charge in [-0.15, -0.1) is 0 Å². The minimum absolute atomic E-state index is 0.325. The maximum Gasteiger partial charge on any atom is 0.144 e. The number of rotatable bonds is 6. The highest BCUT2D eigenvalue weighted by Gasteiger charge is 2.19. The zero-order valence-electron chi connectivity index (χ0n) is 12.9. The fourth-order valence-electron chi connectivity index (χ4n) is 2.51. The molecule has 108 valence electrons. The van der Waals surface area contributed by atoms with Crippen molar-refractivity contribution < 1.29 is 0 Å². The summed E-state index contributed by atoms with van der Waals surface area (Å²) < 4.78 is 2.03. The van der Waals surface area contributed by atoms with E-state index in [0.29, 0.717) is 6.04 Å². The van der Waals surface area contributed by atoms with Gasteiger partial charge in [0.25, 0.3) is 0 Å². The summed E-state index contributed by atoms with van der Waals surface area (Å²) in [4.78, 5) is 6.81. The van der Waals surface area contributed by atoms with Crippen LogP contribution in [-0.4, -0.2) is 33.3 Å². The van der Waals surface area contributed by atoms with Gasteiger partial charge in [0, 0.05) is 0 Å². The van der Waals surface area contributed by atoms with Gasteiger partial charge in [0.1, 0.15) is 12.2 Å². The standard InChI is InChI=1S/C16H24N4/c1-5-15(19(4)6-2)16-17-12-18-20(16)11-14-10-8-7-9-13(14)3/h7-10,12,15H,5-6,11H2,1-4H3/t15-/m0/s1. The summed E-state index contributed by atoms with van der Waals surface area (Å²) in [7, 11) is 2.14. The van der Waals surface area contributed by atoms with Crippen LogP contribution in [0.1, 0.15) is 43.3 Å². The predicted octanol–water partition coefficient (Wildman–Crippen LogP) is 3.04. The van der Waals surface area contributed by atoms with Crippen LogP contribution < -0.4 is 0 Å². The Bertz CT molecular complexity index is 547. The first kappa shape index (κ1) is 14.7. The average Bonchev–Trinajstić information content (AvgIpc) is 2.90. The molecule has 0 aliphatic carbocycles. The van der Waals surface area contributed by atoms with Crippen LogP contribution in [-0.2, 0) is 6.54 Å². The molecular weight excluding hydrogens is 248 g/mol. The molecule has 1 aromatic carbocycles. The molecule has 0 fully saturated rings. The lowest BCUT2D eigenvalue weighted by molar-refractivity contribution is 0.234. The van der Waals surface area contributed by atoms with E-state index in [4.69, 9.17) is 0 Å². The van der Waals surface area contributed by atoms with Crippen molar-refractivity contribution in [2.24, 2.45) is 0 Å². The van der Waals surface area contributed by atoms with E-state index in [1.807, 2.05) is 4.68 Å². The molecule has 20 heavy (non-hydrogen) atoms. The summed E-state index contributed by atoms with van der Waals surface area (Å²) in [5.41, 5.74) is 2.60. The van der Waals surface area contributed by atoms with E-state index in [1.54, 1.807) is 6.33 Å². The van der Waals surface area contributed by atoms with Crippen molar-refractivity contribution in [1.82, 2.24) is 19.7 Å². The van der Waals surface area contributed by atoms with Crippen LogP contribution >= 0.6 is 0 Å². The quantitative estimate of drug-likeness (QED) is 0.810. The van der Waals surface area contributed by atoms with Crippen molar-refractivity contribution in [3.63, 3.8) is 0 Å². The minimum atomic E-state index is 0.325. The molecule has 0 radical (unpaired) electrons. The summed E-state index contributed by atoms with van der Waals surface area (Å²) in [6, 6.07) is 8.77. The van der Waals surface area contributed by atoms with E-state index in [2.05, 4.69) is 67.1 Å². The van der Waals surface area contributed by atoms with Crippen LogP contribution in [0.15, 0.2) is 30.6 Å². The molecular formula is C16H24N4. The van der Waals surface area contributed by atoms with E-state index >= 15 is 0 Å². The summed E-state index contributed by atoms with van der Waals surface area (Å²) in [5.74, 6) is 1.06. The molecule has 0 unspecified atom stereocenters. The van der Waals surface area contributed by atoms with E-state index in [9.17, 15) is 0 Å². The minimum Gasteiger partial charge on any atom is -0.297 e. The molecule has 0 saturated carbocycles. The molecule has 1 aromatic heterocycles. The van der Waals surface area contributed by atoms with Gasteiger partial charge in [0.05, 0.1) is 12.6 Å². The second-order valence-corrected chi connectivity index (χ2v) is 5.20. The molecule has 0 aliphatic rings. The summed E-state index contributed by atoms with van der Waals surface area (Å²) >= 11 is 0. The summed E-state index contributed by atoms with van der Waals surface area (Å²) in [6.45, 7) is 8.31. The van der Waals surface area contributed by atoms with Crippen molar-refractivity contribution in [1.29, 1.82) is 0 Å². The lowest BCUT2D eigenvalue weighted by Gasteiger charge is -2.25. The van der Waals surface area contributed by atoms with Gasteiger partial charge >= 0.3 is 0 Å². The van der Waals surface area contributed by atoms with Crippen molar-refractivity contribution in [3.8, 4) is 0 Å². The molecule has 0 saturated heterocycles. The largest absolute Gasteiger partial charge is 0.297 e. The van der Waals surface area contributed by atoms with Gasteiger partial charge in [-0.05, 0) is 38.1 Å². The van der Waals surface area contributed by atoms with Gasteiger partial charge in [0.2, 0.25) is 0 Å². The highest BCUT2D eigenvalue weighted by atomic mass is 15.4. The SMILES string of the molecule is CC[C@@H](c1ncnn1Cc1ccccc1C)N(C)CC. The Morgan fingerprint density at radius 3 is 2.65 bits per heavy atom. The van der Waals surface area contributed by atoms with Crippen molar-refractivity contribution in [3.05, 3.63) is 47.5 Å². The van der Waals surface area contributed by atoms with E-state index in [-0.39, 0.29) is 0 Å². The topological polar surface area (TPSA) is 34.0 Å². The van der Waals surface area contributed by atoms with E-state index in [1.165, 1.54) is 11.1 Å². The normalized spacial score (nSPS) is 12.8. The second kappa shape index (κ2) is 6.66. The fraction of sp³-hybridized carbons (Fsp3) is 0.500. The lowest BCUT2D eigenvalue weighted by atomic mass is 10.1. The van der Waals surface area contributed by atoms with Gasteiger partial charge in [0.15, 0.2) is 0 Å². The maximum atomic E-state index is 4.49. The molecule has 4 heteroatoms. The molecule has 0 bridgehead atoms. The number of hydrogen-bond acceptors (Lipinski definition) is 3. The first-order valence-electron chi connectivity index (χ1n) is 7.29. The second-order valence-electron chi connectivity index (χ2n) is 5.20. The van der Waals surface area contributed by atoms with Gasteiger partial charge in [-0.2, -0.15) is 5.10 Å². The van der Waals surface area contributed by atoms with Crippen LogP contribution in [0.3, 0.4) is 0 Å². The highest BCUT2D eigenvalue weighted by molar-refractivity contribution is 5.25. The zero-order valence-corrected chi connectivity index (χ0v) is 12.9. The zero-order chi connectivity index (χ0) is 14.5. The van der Waals surface area contributed by atoms with Crippen molar-refractivity contribution >= 4 is 0 Å². The molecule has 0 spiro atoms. The first-order valence-corrected chi connectivity index (χ1v) is 7.29. The smallest absolute Gasteiger partial charge is 0.144 e. The van der Waals surface area contributed by atoms with Gasteiger partial charge < -0.3 is 0 Å². The number of nitrogens with zero attached hydrogens (tertiary/aromatic N) is 4. The molecule has 0 amide bonds. The van der Waals surface area contributed by atoms with Gasteiger partial charge in [-0.25, -0.2) is 9.67 Å². The average molecular weight is 272 g/mol. The molecule has 2 aromatic rings. The van der Waals surface area contributed by atoms with Crippen LogP contribution in [0.25, 0.3) is 0 Å². The number of benzene rings is 1. The molecule has 0 aliphatic heterocycles. The Morgan fingerprint density at radius 1 is 1.25 bits per heavy atom. The maximum absolute atomic E-state index is 4.49. The number of aryl methyl sites for hydroxylation is 1. The molecule has 1 atom stereocenters. The van der Waals surface area contributed by atoms with E-state index in [0.717, 1.165) is 25.3 Å². The van der Waals surface area contributed by atoms with Crippen LogP contribution in [0, 0.1) is 6.92 Å². The Hall–Kier alpha value is -1.68. The molecule has 0 N–H and O–H groups in total. The first-order chi connectivity index (χ1) is 9.67. The number of aromatic nitrogens is 3. The summed E-state index contributed by atoms with van der Waals surface area (Å²) in [5, 5.41) is 4.42. The lowest BCUT2D eigenvalue weighted by Crippen LogP contribution is -2.27. The van der Waals surface area contributed by atoms with Crippen molar-refractivity contribution in [2.45, 2.75) is 39.8 Å².